The van der Waals surface area contributed by atoms with Gasteiger partial charge in [0.15, 0.2) is 0 Å². The van der Waals surface area contributed by atoms with E-state index in [1.54, 1.807) is 11.2 Å². The van der Waals surface area contributed by atoms with Crippen LogP contribution < -0.4 is 0 Å². The van der Waals surface area contributed by atoms with E-state index in [1.165, 1.54) is 17.3 Å². The Labute approximate surface area is 75.7 Å². The van der Waals surface area contributed by atoms with Crippen LogP contribution in [0.2, 0.25) is 0 Å². The number of hydrogen-bond acceptors (Lipinski definition) is 5. The minimum Gasteiger partial charge on any atom is -0.303 e. The third-order valence-corrected chi connectivity index (χ3v) is 1.34. The molecule has 0 aliphatic carbocycles. The van der Waals surface area contributed by atoms with Gasteiger partial charge in [-0.3, -0.25) is 0 Å². The molecule has 0 saturated carbocycles. The number of hydrogen-bond donors (Lipinski definition) is 0. The van der Waals surface area contributed by atoms with Crippen molar-refractivity contribution in [1.82, 2.24) is 19.8 Å². The first-order valence-electron chi connectivity index (χ1n) is 3.30. The smallest absolute Gasteiger partial charge is 0.149 e. The molecule has 1 aromatic rings. The molecule has 1 heterocycles. The molecular weight excluding hydrogens is 174 g/mol. The maximum atomic E-state index is 4.98. The Balaban J connectivity index is 2.62. The van der Waals surface area contributed by atoms with Crippen molar-refractivity contribution in [2.75, 3.05) is 14.1 Å². The van der Waals surface area contributed by atoms with E-state index >= 15 is 0 Å². The first-order chi connectivity index (χ1) is 5.70. The van der Waals surface area contributed by atoms with Gasteiger partial charge in [-0.15, -0.1) is 0 Å². The van der Waals surface area contributed by atoms with Gasteiger partial charge in [-0.1, -0.05) is 12.2 Å². The van der Waals surface area contributed by atoms with Crippen LogP contribution >= 0.6 is 12.2 Å². The lowest BCUT2D eigenvalue weighted by atomic mass is 10.7. The fraction of sp³-hybridized carbons (Fsp3) is 0.333. The van der Waals surface area contributed by atoms with E-state index in [0.29, 0.717) is 4.99 Å². The highest BCUT2D eigenvalue weighted by molar-refractivity contribution is 7.81. The Morgan fingerprint density at radius 2 is 2.42 bits per heavy atom. The summed E-state index contributed by atoms with van der Waals surface area (Å²) in [5, 5.41) is 9.46. The van der Waals surface area contributed by atoms with Crippen LogP contribution in [0.25, 0.3) is 0 Å². The average Bonchev–Trinajstić information content (AvgIpc) is 2.51. The van der Waals surface area contributed by atoms with Crippen LogP contribution in [0.4, 0.5) is 0 Å². The van der Waals surface area contributed by atoms with Gasteiger partial charge >= 0.3 is 0 Å². The molecule has 1 rings (SSSR count). The summed E-state index contributed by atoms with van der Waals surface area (Å²) in [4.78, 5) is 4.27. The van der Waals surface area contributed by atoms with Gasteiger partial charge in [0, 0.05) is 14.1 Å². The molecule has 12 heavy (non-hydrogen) atoms. The van der Waals surface area contributed by atoms with Crippen molar-refractivity contribution in [2.45, 2.75) is 0 Å². The van der Waals surface area contributed by atoms with Gasteiger partial charge in [0.2, 0.25) is 0 Å². The first-order valence-corrected chi connectivity index (χ1v) is 3.71. The molecule has 6 heteroatoms. The van der Waals surface area contributed by atoms with Gasteiger partial charge in [0.25, 0.3) is 0 Å². The maximum Gasteiger partial charge on any atom is 0.149 e. The highest BCUT2D eigenvalue weighted by Crippen LogP contribution is 1.82. The number of rotatable bonds is 2. The van der Waals surface area contributed by atoms with E-state index in [0.717, 1.165) is 0 Å². The van der Waals surface area contributed by atoms with Crippen LogP contribution in [0.3, 0.4) is 0 Å². The van der Waals surface area contributed by atoms with Gasteiger partial charge in [-0.2, -0.15) is 10.2 Å². The van der Waals surface area contributed by atoms with Crippen molar-refractivity contribution in [3.63, 3.8) is 0 Å². The normalized spacial score (nSPS) is 10.5. The average molecular weight is 183 g/mol. The minimum absolute atomic E-state index is 0.515. The van der Waals surface area contributed by atoms with Crippen molar-refractivity contribution in [3.05, 3.63) is 12.7 Å². The number of aromatic nitrogens is 3. The first kappa shape index (κ1) is 8.79. The molecule has 0 amide bonds. The molecule has 0 bridgehead atoms. The zero-order chi connectivity index (χ0) is 8.97. The molecule has 0 N–H and O–H groups in total. The Morgan fingerprint density at radius 1 is 1.67 bits per heavy atom. The lowest BCUT2D eigenvalue weighted by molar-refractivity contribution is 0.441. The zero-order valence-electron chi connectivity index (χ0n) is 6.88. The Bertz CT molecular complexity index is 276. The fourth-order valence-corrected chi connectivity index (χ4v) is 0.687. The second kappa shape index (κ2) is 3.91. The number of nitrogens with zero attached hydrogens (tertiary/aromatic N) is 5. The van der Waals surface area contributed by atoms with Gasteiger partial charge in [-0.25, -0.2) is 9.67 Å². The molecule has 0 atom stereocenters. The lowest BCUT2D eigenvalue weighted by Gasteiger charge is -2.02. The highest BCUT2D eigenvalue weighted by atomic mass is 32.1. The van der Waals surface area contributed by atoms with Gasteiger partial charge in [0.1, 0.15) is 17.6 Å². The monoisotopic (exact) mass is 183 g/mol. The van der Waals surface area contributed by atoms with E-state index < -0.39 is 0 Å². The Morgan fingerprint density at radius 3 is 2.92 bits per heavy atom. The molecule has 0 spiro atoms. The molecular formula is C6H9N5S. The molecule has 0 aromatic carbocycles. The van der Waals surface area contributed by atoms with E-state index in [4.69, 9.17) is 12.2 Å². The van der Waals surface area contributed by atoms with Crippen LogP contribution in [-0.4, -0.2) is 45.1 Å². The third kappa shape index (κ3) is 2.39. The Hall–Kier alpha value is -1.30. The SMILES string of the molecule is CN(C)/N=C/C(=S)n1cncn1. The fourth-order valence-electron chi connectivity index (χ4n) is 0.546. The molecule has 0 saturated heterocycles. The van der Waals surface area contributed by atoms with Crippen molar-refractivity contribution >= 4 is 23.4 Å². The van der Waals surface area contributed by atoms with Crippen molar-refractivity contribution in [1.29, 1.82) is 0 Å². The topological polar surface area (TPSA) is 46.3 Å². The van der Waals surface area contributed by atoms with Crippen molar-refractivity contribution in [3.8, 4) is 0 Å². The lowest BCUT2D eigenvalue weighted by Crippen LogP contribution is -2.13. The summed E-state index contributed by atoms with van der Waals surface area (Å²) < 4.78 is 1.47. The van der Waals surface area contributed by atoms with E-state index in [1.807, 2.05) is 14.1 Å². The second-order valence-electron chi connectivity index (χ2n) is 2.27. The van der Waals surface area contributed by atoms with Crippen LogP contribution in [0.1, 0.15) is 0 Å². The number of thiocarbonyl (C=S) groups is 1. The molecule has 0 radical (unpaired) electrons. The highest BCUT2D eigenvalue weighted by Gasteiger charge is 1.94. The predicted molar refractivity (Wildman–Crippen MR) is 50.2 cm³/mol. The number of hydrazone groups is 1. The van der Waals surface area contributed by atoms with E-state index in [9.17, 15) is 0 Å². The minimum atomic E-state index is 0.515. The molecule has 5 nitrogen and oxygen atoms in total. The van der Waals surface area contributed by atoms with Gasteiger partial charge in [-0.05, 0) is 0 Å². The van der Waals surface area contributed by atoms with E-state index in [2.05, 4.69) is 15.2 Å². The summed E-state index contributed by atoms with van der Waals surface area (Å²) >= 11 is 4.98. The molecule has 64 valence electrons. The van der Waals surface area contributed by atoms with E-state index in [-0.39, 0.29) is 0 Å². The quantitative estimate of drug-likeness (QED) is 0.368. The predicted octanol–water partition coefficient (Wildman–Crippen LogP) is 0.00100. The largest absolute Gasteiger partial charge is 0.303 e. The molecule has 0 unspecified atom stereocenters. The summed E-state index contributed by atoms with van der Waals surface area (Å²) in [7, 11) is 3.64. The summed E-state index contributed by atoms with van der Waals surface area (Å²) in [6.07, 6.45) is 4.50. The molecule has 1 aromatic heterocycles. The van der Waals surface area contributed by atoms with Gasteiger partial charge in [0.05, 0.1) is 6.21 Å². The summed E-state index contributed by atoms with van der Waals surface area (Å²) in [6.45, 7) is 0. The molecule has 0 aliphatic heterocycles. The standard InChI is InChI=1S/C6H9N5S/c1-10(2)8-3-6(12)11-5-7-4-9-11/h3-5H,1-2H3/b8-3+. The van der Waals surface area contributed by atoms with Crippen molar-refractivity contribution < 1.29 is 0 Å². The van der Waals surface area contributed by atoms with Crippen LogP contribution in [0.15, 0.2) is 17.8 Å². The molecule has 0 aliphatic rings. The summed E-state index contributed by atoms with van der Waals surface area (Å²) in [6, 6.07) is 0. The van der Waals surface area contributed by atoms with Crippen LogP contribution in [0, 0.1) is 0 Å². The maximum absolute atomic E-state index is 4.98. The molecule has 0 fully saturated rings. The zero-order valence-corrected chi connectivity index (χ0v) is 7.69. The second-order valence-corrected chi connectivity index (χ2v) is 2.69. The van der Waals surface area contributed by atoms with Gasteiger partial charge < -0.3 is 5.01 Å². The van der Waals surface area contributed by atoms with Crippen LogP contribution in [0.5, 0.6) is 0 Å². The Kier molecular flexibility index (Phi) is 2.87. The van der Waals surface area contributed by atoms with Crippen LogP contribution in [-0.2, 0) is 0 Å². The summed E-state index contributed by atoms with van der Waals surface area (Å²) in [5.41, 5.74) is 0. The van der Waals surface area contributed by atoms with Crippen molar-refractivity contribution in [2.24, 2.45) is 5.10 Å². The third-order valence-electron chi connectivity index (χ3n) is 1.04. The summed E-state index contributed by atoms with van der Waals surface area (Å²) in [5.74, 6) is 0.